The van der Waals surface area contributed by atoms with Gasteiger partial charge in [0, 0.05) is 5.02 Å². The molecule has 38 heavy (non-hydrogen) atoms. The Morgan fingerprint density at radius 3 is 2.53 bits per heavy atom. The Labute approximate surface area is 227 Å². The summed E-state index contributed by atoms with van der Waals surface area (Å²) in [5.74, 6) is -0.200. The van der Waals surface area contributed by atoms with E-state index in [1.807, 2.05) is 35.8 Å². The van der Waals surface area contributed by atoms with Gasteiger partial charge in [-0.15, -0.1) is 0 Å². The summed E-state index contributed by atoms with van der Waals surface area (Å²) in [5.41, 5.74) is 6.23. The summed E-state index contributed by atoms with van der Waals surface area (Å²) in [5, 5.41) is 7.04. The molecule has 4 N–H and O–H groups in total. The summed E-state index contributed by atoms with van der Waals surface area (Å²) in [4.78, 5) is 25.3. The summed E-state index contributed by atoms with van der Waals surface area (Å²) in [6.45, 7) is 9.11. The Hall–Kier alpha value is -2.56. The predicted octanol–water partition coefficient (Wildman–Crippen LogP) is 4.22. The van der Waals surface area contributed by atoms with E-state index in [-0.39, 0.29) is 18.6 Å². The van der Waals surface area contributed by atoms with Crippen LogP contribution in [0.4, 0.5) is 5.82 Å². The Morgan fingerprint density at radius 2 is 1.89 bits per heavy atom. The second kappa shape index (κ2) is 10.9. The van der Waals surface area contributed by atoms with E-state index in [1.54, 1.807) is 34.0 Å². The number of nitrogen functional groups attached to an aromatic ring is 1. The van der Waals surface area contributed by atoms with Crippen molar-refractivity contribution in [2.24, 2.45) is 0 Å². The molecule has 0 spiro atoms. The van der Waals surface area contributed by atoms with Crippen molar-refractivity contribution in [1.29, 1.82) is 0 Å². The first kappa shape index (κ1) is 28.4. The molecule has 3 aromatic rings. The zero-order chi connectivity index (χ0) is 27.7. The molecule has 1 aliphatic rings. The molecule has 1 aromatic carbocycles. The van der Waals surface area contributed by atoms with E-state index in [0.717, 1.165) is 18.4 Å². The number of aromatic nitrogens is 4. The fraction of sp³-hybridized carbons (Fsp3) is 0.520. The normalized spacial score (nSPS) is 17.3. The number of fused-ring (bicyclic) bond motifs is 1. The van der Waals surface area contributed by atoms with E-state index in [0.29, 0.717) is 28.5 Å². The molecule has 0 amide bonds. The Morgan fingerprint density at radius 1 is 1.21 bits per heavy atom. The molecule has 0 bridgehead atoms. The zero-order valence-corrected chi connectivity index (χ0v) is 23.9. The van der Waals surface area contributed by atoms with Gasteiger partial charge in [-0.25, -0.2) is 25.1 Å². The molecule has 0 aliphatic heterocycles. The van der Waals surface area contributed by atoms with Crippen molar-refractivity contribution in [2.45, 2.75) is 77.3 Å². The van der Waals surface area contributed by atoms with Gasteiger partial charge < -0.3 is 19.8 Å². The van der Waals surface area contributed by atoms with Crippen molar-refractivity contribution in [3.05, 3.63) is 47.5 Å². The molecule has 1 unspecified atom stereocenters. The Bertz CT molecular complexity index is 1340. The third kappa shape index (κ3) is 6.52. The lowest BCUT2D eigenvalue weighted by molar-refractivity contribution is -0.153. The number of ether oxygens (including phenoxy) is 2. The number of benzene rings is 1. The maximum absolute atomic E-state index is 14.4. The fourth-order valence-corrected chi connectivity index (χ4v) is 7.06. The minimum atomic E-state index is -3.50. The van der Waals surface area contributed by atoms with Crippen LogP contribution in [0.1, 0.15) is 53.0 Å². The molecular formula is C25H35ClN7O4P. The predicted molar refractivity (Wildman–Crippen MR) is 147 cm³/mol. The SMILES string of the molecule is CC(C)OC(=O)C(C)(C)NP(=O)(CO[C@H](C)Cn1cnc2c(N)ncnc21)NC1(c2ccc(Cl)cc2)CC1. The average Bonchev–Trinajstić information content (AvgIpc) is 3.49. The maximum Gasteiger partial charge on any atom is 0.326 e. The van der Waals surface area contributed by atoms with E-state index in [2.05, 4.69) is 25.1 Å². The number of anilines is 1. The lowest BCUT2D eigenvalue weighted by Crippen LogP contribution is -2.50. The number of carbonyl (C=O) groups is 1. The van der Waals surface area contributed by atoms with E-state index < -0.39 is 24.5 Å². The van der Waals surface area contributed by atoms with Crippen molar-refractivity contribution < 1.29 is 18.8 Å². The quantitative estimate of drug-likeness (QED) is 0.216. The number of nitrogens with zero attached hydrogens (tertiary/aromatic N) is 4. The molecule has 13 heteroatoms. The van der Waals surface area contributed by atoms with Crippen LogP contribution in [0.5, 0.6) is 0 Å². The number of rotatable bonds is 12. The highest BCUT2D eigenvalue weighted by Crippen LogP contribution is 2.54. The number of esters is 1. The molecule has 2 atom stereocenters. The summed E-state index contributed by atoms with van der Waals surface area (Å²) >= 11 is 6.09. The molecule has 4 rings (SSSR count). The molecule has 2 aromatic heterocycles. The maximum atomic E-state index is 14.4. The van der Waals surface area contributed by atoms with Gasteiger partial charge in [-0.05, 0) is 65.2 Å². The molecule has 0 saturated heterocycles. The van der Waals surface area contributed by atoms with Crippen LogP contribution in [0, 0.1) is 0 Å². The van der Waals surface area contributed by atoms with E-state index in [9.17, 15) is 9.36 Å². The lowest BCUT2D eigenvalue weighted by atomic mass is 10.1. The summed E-state index contributed by atoms with van der Waals surface area (Å²) in [6, 6.07) is 7.47. The molecule has 0 radical (unpaired) electrons. The van der Waals surface area contributed by atoms with Crippen LogP contribution < -0.4 is 15.9 Å². The molecule has 1 saturated carbocycles. The number of nitrogens with two attached hydrogens (primary N) is 1. The molecule has 206 valence electrons. The van der Waals surface area contributed by atoms with Crippen molar-refractivity contribution >= 4 is 42.0 Å². The van der Waals surface area contributed by atoms with Gasteiger partial charge in [0.15, 0.2) is 11.5 Å². The third-order valence-corrected chi connectivity index (χ3v) is 8.75. The van der Waals surface area contributed by atoms with Crippen molar-refractivity contribution in [1.82, 2.24) is 29.7 Å². The minimum absolute atomic E-state index is 0.161. The summed E-state index contributed by atoms with van der Waals surface area (Å²) < 4.78 is 27.8. The minimum Gasteiger partial charge on any atom is -0.462 e. The first-order chi connectivity index (χ1) is 17.8. The van der Waals surface area contributed by atoms with E-state index >= 15 is 0 Å². The smallest absolute Gasteiger partial charge is 0.326 e. The van der Waals surface area contributed by atoms with Gasteiger partial charge in [0.05, 0.1) is 30.6 Å². The number of carbonyl (C=O) groups excluding carboxylic acids is 1. The van der Waals surface area contributed by atoms with Gasteiger partial charge in [0.25, 0.3) is 0 Å². The van der Waals surface area contributed by atoms with E-state index in [4.69, 9.17) is 26.8 Å². The van der Waals surface area contributed by atoms with Crippen LogP contribution in [-0.2, 0) is 30.9 Å². The van der Waals surface area contributed by atoms with Gasteiger partial charge in [-0.2, -0.15) is 0 Å². The van der Waals surface area contributed by atoms with Crippen LogP contribution in [0.15, 0.2) is 36.9 Å². The standard InChI is InChI=1S/C25H35ClN7O4P/c1-16(2)37-23(34)24(4,5)31-38(35,32-25(10-11-25)18-6-8-19(26)9-7-18)15-36-17(3)12-33-14-30-20-21(27)28-13-29-22(20)33/h6-9,13-14,16-17H,10-12,15H2,1-5H3,(H2,27,28,29)(H2,31,32,35)/t17-,38?/m1/s1. The first-order valence-electron chi connectivity index (χ1n) is 12.5. The van der Waals surface area contributed by atoms with Gasteiger partial charge in [-0.3, -0.25) is 9.36 Å². The molecule has 1 fully saturated rings. The van der Waals surface area contributed by atoms with Crippen molar-refractivity contribution in [2.75, 3.05) is 12.1 Å². The summed E-state index contributed by atoms with van der Waals surface area (Å²) in [6.07, 6.45) is 3.75. The highest BCUT2D eigenvalue weighted by Gasteiger charge is 2.50. The Balaban J connectivity index is 1.53. The molecular weight excluding hydrogens is 529 g/mol. The highest BCUT2D eigenvalue weighted by molar-refractivity contribution is 7.59. The number of nitrogens with one attached hydrogen (secondary N) is 2. The van der Waals surface area contributed by atoms with Crippen molar-refractivity contribution in [3.63, 3.8) is 0 Å². The highest BCUT2D eigenvalue weighted by atomic mass is 35.5. The molecule has 2 heterocycles. The number of halogens is 1. The number of hydrogen-bond donors (Lipinski definition) is 3. The van der Waals surface area contributed by atoms with Gasteiger partial charge >= 0.3 is 5.97 Å². The van der Waals surface area contributed by atoms with Crippen LogP contribution in [-0.4, -0.2) is 49.6 Å². The average molecular weight is 564 g/mol. The first-order valence-corrected chi connectivity index (χ1v) is 14.8. The zero-order valence-electron chi connectivity index (χ0n) is 22.3. The monoisotopic (exact) mass is 563 g/mol. The molecule has 1 aliphatic carbocycles. The van der Waals surface area contributed by atoms with Crippen LogP contribution in [0.3, 0.4) is 0 Å². The lowest BCUT2D eigenvalue weighted by Gasteiger charge is -2.34. The van der Waals surface area contributed by atoms with Crippen LogP contribution in [0.25, 0.3) is 11.2 Å². The third-order valence-electron chi connectivity index (χ3n) is 6.28. The molecule has 11 nitrogen and oxygen atoms in total. The topological polar surface area (TPSA) is 146 Å². The van der Waals surface area contributed by atoms with Gasteiger partial charge in [0.2, 0.25) is 7.44 Å². The summed E-state index contributed by atoms with van der Waals surface area (Å²) in [7, 11) is -3.50. The van der Waals surface area contributed by atoms with Gasteiger partial charge in [-0.1, -0.05) is 23.7 Å². The second-order valence-corrected chi connectivity index (χ2v) is 13.2. The number of imidazole rings is 1. The largest absolute Gasteiger partial charge is 0.462 e. The van der Waals surface area contributed by atoms with Crippen LogP contribution in [0.2, 0.25) is 5.02 Å². The number of hydrogen-bond acceptors (Lipinski definition) is 8. The second-order valence-electron chi connectivity index (χ2n) is 10.6. The van der Waals surface area contributed by atoms with Gasteiger partial charge in [0.1, 0.15) is 23.7 Å². The van der Waals surface area contributed by atoms with Crippen LogP contribution >= 0.6 is 19.0 Å². The Kier molecular flexibility index (Phi) is 8.16. The fourth-order valence-electron chi connectivity index (χ4n) is 4.25. The van der Waals surface area contributed by atoms with E-state index in [1.165, 1.54) is 6.33 Å². The van der Waals surface area contributed by atoms with Crippen molar-refractivity contribution in [3.8, 4) is 0 Å².